The van der Waals surface area contributed by atoms with Gasteiger partial charge in [-0.3, -0.25) is 9.69 Å². The third kappa shape index (κ3) is 7.16. The van der Waals surface area contributed by atoms with Gasteiger partial charge in [-0.2, -0.15) is 26.3 Å². The molecule has 1 saturated heterocycles. The van der Waals surface area contributed by atoms with E-state index in [9.17, 15) is 41.0 Å². The molecule has 3 atom stereocenters. The van der Waals surface area contributed by atoms with E-state index in [-0.39, 0.29) is 31.1 Å². The number of carbonyl (C=O) groups excluding carboxylic acids is 1. The van der Waals surface area contributed by atoms with Gasteiger partial charge in [-0.15, -0.1) is 0 Å². The van der Waals surface area contributed by atoms with E-state index in [0.29, 0.717) is 23.3 Å². The van der Waals surface area contributed by atoms with Crippen LogP contribution in [0.2, 0.25) is 0 Å². The van der Waals surface area contributed by atoms with Crippen molar-refractivity contribution in [3.63, 3.8) is 0 Å². The van der Waals surface area contributed by atoms with Gasteiger partial charge in [0.1, 0.15) is 12.1 Å². The van der Waals surface area contributed by atoms with Gasteiger partial charge in [0.25, 0.3) is 0 Å². The number of rotatable bonds is 8. The third-order valence-electron chi connectivity index (χ3n) is 7.76. The Morgan fingerprint density at radius 2 is 1.45 bits per heavy atom. The number of carboxylic acid groups (broad SMARTS) is 1. The molecule has 0 bridgehead atoms. The Kier molecular flexibility index (Phi) is 9.31. The Morgan fingerprint density at radius 3 is 1.98 bits per heavy atom. The van der Waals surface area contributed by atoms with Crippen molar-refractivity contribution >= 4 is 12.1 Å². The maximum absolute atomic E-state index is 13.6. The molecule has 13 heteroatoms. The average molecular weight is 625 g/mol. The normalized spacial score (nSPS) is 21.5. The summed E-state index contributed by atoms with van der Waals surface area (Å²) >= 11 is 0. The molecule has 44 heavy (non-hydrogen) atoms. The van der Waals surface area contributed by atoms with Crippen LogP contribution in [0.15, 0.2) is 78.9 Å². The van der Waals surface area contributed by atoms with Crippen LogP contribution in [0.25, 0.3) is 0 Å². The zero-order chi connectivity index (χ0) is 32.3. The number of likely N-dealkylation sites (tertiary alicyclic amines) is 1. The number of benzene rings is 3. The summed E-state index contributed by atoms with van der Waals surface area (Å²) in [5.74, 6) is -1.36. The van der Waals surface area contributed by atoms with E-state index in [1.54, 1.807) is 60.7 Å². The van der Waals surface area contributed by atoms with Gasteiger partial charge in [-0.1, -0.05) is 60.7 Å². The first kappa shape index (κ1) is 32.8. The molecule has 3 aromatic rings. The lowest BCUT2D eigenvalue weighted by Crippen LogP contribution is -2.67. The first-order chi connectivity index (χ1) is 20.5. The molecule has 3 N–H and O–H groups in total. The molecule has 1 aliphatic heterocycles. The van der Waals surface area contributed by atoms with E-state index >= 15 is 0 Å². The van der Waals surface area contributed by atoms with Crippen molar-refractivity contribution in [1.29, 1.82) is 0 Å². The topological polar surface area (TPSA) is 102 Å². The molecule has 7 nitrogen and oxygen atoms in total. The monoisotopic (exact) mass is 624 g/mol. The van der Waals surface area contributed by atoms with Gasteiger partial charge in [0.05, 0.1) is 35.9 Å². The number of amides is 1. The molecule has 1 heterocycles. The number of piperidine rings is 1. The highest BCUT2D eigenvalue weighted by molar-refractivity contribution is 5.81. The first-order valence-corrected chi connectivity index (χ1v) is 13.5. The number of nitrogens with zero attached hydrogens (tertiary/aromatic N) is 1. The number of hydrogen-bond donors (Lipinski definition) is 2. The molecule has 0 saturated carbocycles. The standard InChI is InChI=1S/C31H30F6N2O5/c1-20(22-14-24(30(32,33)34)16-25(15-22)31(35,36)37)44-19-29(23-10-6-3-7-11-23)13-12-28(38,26(40)41)18-39(29)27(42)43-17-21-8-4-2-5-9-21/h2-11,14-16,20H,12-13,17-19,38H2,1H3,(H,40,41)/t20?,28?,29-/m1/s1. The van der Waals surface area contributed by atoms with Crippen molar-refractivity contribution in [1.82, 2.24) is 4.90 Å². The van der Waals surface area contributed by atoms with Gasteiger partial charge in [-0.05, 0) is 54.7 Å². The number of carboxylic acids is 1. The van der Waals surface area contributed by atoms with Crippen LogP contribution in [-0.2, 0) is 38.8 Å². The number of aliphatic carboxylic acids is 1. The summed E-state index contributed by atoms with van der Waals surface area (Å²) in [5, 5.41) is 9.88. The average Bonchev–Trinajstić information content (AvgIpc) is 2.99. The third-order valence-corrected chi connectivity index (χ3v) is 7.76. The maximum atomic E-state index is 13.6. The van der Waals surface area contributed by atoms with Gasteiger partial charge in [0, 0.05) is 0 Å². The lowest BCUT2D eigenvalue weighted by molar-refractivity contribution is -0.150. The summed E-state index contributed by atoms with van der Waals surface area (Å²) in [6.07, 6.45) is -12.5. The fourth-order valence-electron chi connectivity index (χ4n) is 5.14. The largest absolute Gasteiger partial charge is 0.480 e. The summed E-state index contributed by atoms with van der Waals surface area (Å²) < 4.78 is 92.5. The van der Waals surface area contributed by atoms with E-state index in [0.717, 1.165) is 4.90 Å². The van der Waals surface area contributed by atoms with Crippen molar-refractivity contribution in [2.24, 2.45) is 5.73 Å². The quantitative estimate of drug-likeness (QED) is 0.264. The zero-order valence-corrected chi connectivity index (χ0v) is 23.5. The van der Waals surface area contributed by atoms with Crippen LogP contribution in [0.4, 0.5) is 31.1 Å². The van der Waals surface area contributed by atoms with Crippen LogP contribution in [-0.4, -0.2) is 40.8 Å². The van der Waals surface area contributed by atoms with Crippen LogP contribution < -0.4 is 5.73 Å². The Bertz CT molecular complexity index is 1440. The van der Waals surface area contributed by atoms with Crippen molar-refractivity contribution in [3.8, 4) is 0 Å². The summed E-state index contributed by atoms with van der Waals surface area (Å²) in [6.45, 7) is 0.198. The number of halogens is 6. The van der Waals surface area contributed by atoms with Crippen LogP contribution >= 0.6 is 0 Å². The summed E-state index contributed by atoms with van der Waals surface area (Å²) in [5.41, 5.74) is 0.659. The fraction of sp³-hybridized carbons (Fsp3) is 0.355. The molecule has 0 aliphatic carbocycles. The molecule has 1 fully saturated rings. The second-order valence-corrected chi connectivity index (χ2v) is 10.8. The molecule has 1 aliphatic rings. The summed E-state index contributed by atoms with van der Waals surface area (Å²) in [4.78, 5) is 26.9. The van der Waals surface area contributed by atoms with E-state index in [4.69, 9.17) is 15.2 Å². The van der Waals surface area contributed by atoms with Crippen LogP contribution in [0.3, 0.4) is 0 Å². The van der Waals surface area contributed by atoms with Gasteiger partial charge < -0.3 is 20.3 Å². The molecular formula is C31H30F6N2O5. The first-order valence-electron chi connectivity index (χ1n) is 13.5. The number of ether oxygens (including phenoxy) is 2. The number of hydrogen-bond acceptors (Lipinski definition) is 5. The molecule has 1 amide bonds. The zero-order valence-electron chi connectivity index (χ0n) is 23.5. The molecule has 0 radical (unpaired) electrons. The van der Waals surface area contributed by atoms with Crippen LogP contribution in [0, 0.1) is 0 Å². The number of nitrogens with two attached hydrogens (primary N) is 1. The van der Waals surface area contributed by atoms with Gasteiger partial charge in [0.15, 0.2) is 0 Å². The summed E-state index contributed by atoms with van der Waals surface area (Å²) in [7, 11) is 0. The van der Waals surface area contributed by atoms with E-state index < -0.39 is 65.9 Å². The molecule has 4 rings (SSSR count). The Balaban J connectivity index is 1.72. The molecule has 236 valence electrons. The number of alkyl halides is 6. The van der Waals surface area contributed by atoms with Gasteiger partial charge >= 0.3 is 24.4 Å². The minimum atomic E-state index is -5.05. The second-order valence-electron chi connectivity index (χ2n) is 10.8. The Hall–Kier alpha value is -4.10. The molecule has 3 aromatic carbocycles. The molecule has 0 spiro atoms. The van der Waals surface area contributed by atoms with E-state index in [2.05, 4.69) is 0 Å². The number of carbonyl (C=O) groups is 2. The second kappa shape index (κ2) is 12.5. The molecular weight excluding hydrogens is 594 g/mol. The van der Waals surface area contributed by atoms with Crippen molar-refractivity contribution in [3.05, 3.63) is 107 Å². The Labute approximate surface area is 249 Å². The Morgan fingerprint density at radius 1 is 0.909 bits per heavy atom. The predicted molar refractivity (Wildman–Crippen MR) is 146 cm³/mol. The smallest absolute Gasteiger partial charge is 0.416 e. The van der Waals surface area contributed by atoms with Gasteiger partial charge in [0.2, 0.25) is 0 Å². The molecule has 0 aromatic heterocycles. The minimum Gasteiger partial charge on any atom is -0.480 e. The van der Waals surface area contributed by atoms with Crippen molar-refractivity contribution in [2.45, 2.75) is 55.9 Å². The maximum Gasteiger partial charge on any atom is 0.416 e. The predicted octanol–water partition coefficient (Wildman–Crippen LogP) is 6.91. The van der Waals surface area contributed by atoms with Crippen molar-refractivity contribution < 1.29 is 50.5 Å². The fourth-order valence-corrected chi connectivity index (χ4v) is 5.14. The van der Waals surface area contributed by atoms with Crippen molar-refractivity contribution in [2.75, 3.05) is 13.2 Å². The lowest BCUT2D eigenvalue weighted by atomic mass is 9.75. The van der Waals surface area contributed by atoms with Crippen LogP contribution in [0.1, 0.15) is 53.7 Å². The lowest BCUT2D eigenvalue weighted by Gasteiger charge is -2.51. The SMILES string of the molecule is CC(OC[C@@]1(c2ccccc2)CCC(N)(C(=O)O)CN1C(=O)OCc1ccccc1)c1cc(C(F)(F)F)cc(C(F)(F)F)c1. The highest BCUT2D eigenvalue weighted by Gasteiger charge is 2.53. The van der Waals surface area contributed by atoms with Gasteiger partial charge in [-0.25, -0.2) is 4.79 Å². The minimum absolute atomic E-state index is 0.0278. The molecule has 2 unspecified atom stereocenters. The highest BCUT2D eigenvalue weighted by atomic mass is 19.4. The van der Waals surface area contributed by atoms with E-state index in [1.165, 1.54) is 6.92 Å². The summed E-state index contributed by atoms with van der Waals surface area (Å²) in [6, 6.07) is 18.2. The van der Waals surface area contributed by atoms with E-state index in [1.807, 2.05) is 0 Å². The highest BCUT2D eigenvalue weighted by Crippen LogP contribution is 2.43. The van der Waals surface area contributed by atoms with Crippen LogP contribution in [0.5, 0.6) is 0 Å².